The van der Waals surface area contributed by atoms with E-state index < -0.39 is 10.0 Å². The predicted molar refractivity (Wildman–Crippen MR) is 84.3 cm³/mol. The Labute approximate surface area is 125 Å². The first-order valence-electron chi connectivity index (χ1n) is 6.83. The minimum atomic E-state index is -3.42. The van der Waals surface area contributed by atoms with Crippen molar-refractivity contribution < 1.29 is 8.42 Å². The van der Waals surface area contributed by atoms with E-state index >= 15 is 0 Å². The predicted octanol–water partition coefficient (Wildman–Crippen LogP) is 2.27. The molecule has 0 aliphatic heterocycles. The molecule has 1 aliphatic carbocycles. The van der Waals surface area contributed by atoms with Crippen LogP contribution in [0.25, 0.3) is 0 Å². The standard InChI is InChI=1S/C14H22N2O2S2/c1-10(15)11-3-7-14(8-4-11)20(17,18)16-12-5-6-13(9-12)19-2/h3-4,7-8,10,12-13,16H,5-6,9,15H2,1-2H3. The second kappa shape index (κ2) is 6.47. The Balaban J connectivity index is 2.07. The molecule has 4 nitrogen and oxygen atoms in total. The quantitative estimate of drug-likeness (QED) is 0.874. The van der Waals surface area contributed by atoms with E-state index in [1.807, 2.05) is 18.7 Å². The van der Waals surface area contributed by atoms with Crippen LogP contribution in [0.4, 0.5) is 0 Å². The topological polar surface area (TPSA) is 72.2 Å². The number of nitrogens with one attached hydrogen (secondary N) is 1. The van der Waals surface area contributed by atoms with E-state index in [0.29, 0.717) is 10.1 Å². The first-order valence-corrected chi connectivity index (χ1v) is 9.60. The van der Waals surface area contributed by atoms with Gasteiger partial charge in [0.05, 0.1) is 4.90 Å². The number of hydrogen-bond acceptors (Lipinski definition) is 4. The van der Waals surface area contributed by atoms with Crippen molar-refractivity contribution in [1.29, 1.82) is 0 Å². The van der Waals surface area contributed by atoms with E-state index in [9.17, 15) is 8.42 Å². The van der Waals surface area contributed by atoms with Crippen LogP contribution >= 0.6 is 11.8 Å². The summed E-state index contributed by atoms with van der Waals surface area (Å²) >= 11 is 1.81. The van der Waals surface area contributed by atoms with Crippen LogP contribution in [0, 0.1) is 0 Å². The van der Waals surface area contributed by atoms with Crippen molar-refractivity contribution >= 4 is 21.8 Å². The molecule has 1 saturated carbocycles. The lowest BCUT2D eigenvalue weighted by Crippen LogP contribution is -2.33. The lowest BCUT2D eigenvalue weighted by atomic mass is 10.1. The summed E-state index contributed by atoms with van der Waals surface area (Å²) < 4.78 is 27.4. The van der Waals surface area contributed by atoms with E-state index in [1.54, 1.807) is 24.3 Å². The molecule has 1 aliphatic rings. The highest BCUT2D eigenvalue weighted by atomic mass is 32.2. The van der Waals surface area contributed by atoms with Crippen molar-refractivity contribution in [3.63, 3.8) is 0 Å². The third kappa shape index (κ3) is 3.75. The Hall–Kier alpha value is -0.560. The molecule has 0 radical (unpaired) electrons. The number of benzene rings is 1. The number of rotatable bonds is 5. The van der Waals surface area contributed by atoms with Crippen molar-refractivity contribution in [2.45, 2.75) is 48.4 Å². The molecule has 6 heteroatoms. The van der Waals surface area contributed by atoms with Gasteiger partial charge in [0.2, 0.25) is 10.0 Å². The van der Waals surface area contributed by atoms with Crippen molar-refractivity contribution in [1.82, 2.24) is 4.72 Å². The zero-order valence-corrected chi connectivity index (χ0v) is 13.5. The summed E-state index contributed by atoms with van der Waals surface area (Å²) in [6.45, 7) is 1.88. The molecule has 2 rings (SSSR count). The normalized spacial score (nSPS) is 24.8. The van der Waals surface area contributed by atoms with Gasteiger partial charge in [-0.15, -0.1) is 0 Å². The summed E-state index contributed by atoms with van der Waals surface area (Å²) in [6, 6.07) is 6.78. The van der Waals surface area contributed by atoms with Gasteiger partial charge in [-0.2, -0.15) is 11.8 Å². The highest BCUT2D eigenvalue weighted by Crippen LogP contribution is 2.29. The van der Waals surface area contributed by atoms with Gasteiger partial charge in [-0.1, -0.05) is 12.1 Å². The van der Waals surface area contributed by atoms with Crippen LogP contribution in [0.15, 0.2) is 29.2 Å². The molecule has 0 heterocycles. The van der Waals surface area contributed by atoms with Gasteiger partial charge < -0.3 is 5.73 Å². The number of sulfonamides is 1. The van der Waals surface area contributed by atoms with Gasteiger partial charge in [0.15, 0.2) is 0 Å². The molecule has 0 saturated heterocycles. The lowest BCUT2D eigenvalue weighted by Gasteiger charge is -2.14. The van der Waals surface area contributed by atoms with E-state index in [-0.39, 0.29) is 12.1 Å². The highest BCUT2D eigenvalue weighted by molar-refractivity contribution is 7.99. The van der Waals surface area contributed by atoms with Gasteiger partial charge in [-0.05, 0) is 50.1 Å². The molecule has 1 aromatic carbocycles. The number of nitrogens with two attached hydrogens (primary N) is 1. The lowest BCUT2D eigenvalue weighted by molar-refractivity contribution is 0.552. The van der Waals surface area contributed by atoms with Crippen LogP contribution in [0.3, 0.4) is 0 Å². The van der Waals surface area contributed by atoms with Gasteiger partial charge in [0.25, 0.3) is 0 Å². The van der Waals surface area contributed by atoms with Crippen molar-refractivity contribution in [2.24, 2.45) is 5.73 Å². The van der Waals surface area contributed by atoms with Gasteiger partial charge in [-0.3, -0.25) is 0 Å². The maximum Gasteiger partial charge on any atom is 0.240 e. The van der Waals surface area contributed by atoms with E-state index in [4.69, 9.17) is 5.73 Å². The van der Waals surface area contributed by atoms with Crippen molar-refractivity contribution in [2.75, 3.05) is 6.26 Å². The fraction of sp³-hybridized carbons (Fsp3) is 0.571. The summed E-state index contributed by atoms with van der Waals surface area (Å²) in [5, 5.41) is 0.572. The molecule has 0 amide bonds. The Bertz CT molecular complexity index is 541. The van der Waals surface area contributed by atoms with Crippen LogP contribution in [0.1, 0.15) is 37.8 Å². The van der Waals surface area contributed by atoms with Gasteiger partial charge in [-0.25, -0.2) is 13.1 Å². The Kier molecular flexibility index (Phi) is 5.12. The van der Waals surface area contributed by atoms with Gasteiger partial charge in [0.1, 0.15) is 0 Å². The Morgan fingerprint density at radius 2 is 1.95 bits per heavy atom. The fourth-order valence-electron chi connectivity index (χ4n) is 2.50. The third-order valence-electron chi connectivity index (χ3n) is 3.76. The van der Waals surface area contributed by atoms with Crippen LogP contribution in [-0.2, 0) is 10.0 Å². The van der Waals surface area contributed by atoms with Crippen LogP contribution < -0.4 is 10.5 Å². The molecule has 1 aromatic rings. The highest BCUT2D eigenvalue weighted by Gasteiger charge is 2.28. The van der Waals surface area contributed by atoms with Crippen LogP contribution in [0.5, 0.6) is 0 Å². The monoisotopic (exact) mass is 314 g/mol. The van der Waals surface area contributed by atoms with Crippen LogP contribution in [-0.4, -0.2) is 26.0 Å². The second-order valence-corrected chi connectivity index (χ2v) is 8.20. The molecule has 20 heavy (non-hydrogen) atoms. The third-order valence-corrected chi connectivity index (χ3v) is 6.39. The number of hydrogen-bond donors (Lipinski definition) is 2. The zero-order valence-electron chi connectivity index (χ0n) is 11.9. The van der Waals surface area contributed by atoms with E-state index in [1.165, 1.54) is 0 Å². The van der Waals surface area contributed by atoms with E-state index in [0.717, 1.165) is 24.8 Å². The summed E-state index contributed by atoms with van der Waals surface area (Å²) in [4.78, 5) is 0.314. The SMILES string of the molecule is CSC1CCC(NS(=O)(=O)c2ccc(C(C)N)cc2)C1. The fourth-order valence-corrected chi connectivity index (χ4v) is 4.58. The van der Waals surface area contributed by atoms with Gasteiger partial charge in [0, 0.05) is 17.3 Å². The van der Waals surface area contributed by atoms with Crippen molar-refractivity contribution in [3.8, 4) is 0 Å². The minimum absolute atomic E-state index is 0.0607. The molecule has 0 aromatic heterocycles. The maximum absolute atomic E-state index is 12.3. The first kappa shape index (κ1) is 15.8. The minimum Gasteiger partial charge on any atom is -0.324 e. The largest absolute Gasteiger partial charge is 0.324 e. The molecule has 3 unspecified atom stereocenters. The summed E-state index contributed by atoms with van der Waals surface area (Å²) in [7, 11) is -3.42. The molecular formula is C14H22N2O2S2. The van der Waals surface area contributed by atoms with Gasteiger partial charge >= 0.3 is 0 Å². The Morgan fingerprint density at radius 1 is 1.30 bits per heavy atom. The molecule has 3 N–H and O–H groups in total. The van der Waals surface area contributed by atoms with Crippen molar-refractivity contribution in [3.05, 3.63) is 29.8 Å². The average molecular weight is 314 g/mol. The summed E-state index contributed by atoms with van der Waals surface area (Å²) in [5.74, 6) is 0. The molecule has 0 spiro atoms. The maximum atomic E-state index is 12.3. The Morgan fingerprint density at radius 3 is 2.45 bits per heavy atom. The molecule has 3 atom stereocenters. The average Bonchev–Trinajstić information content (AvgIpc) is 2.85. The summed E-state index contributed by atoms with van der Waals surface area (Å²) in [6.07, 6.45) is 4.99. The molecular weight excluding hydrogens is 292 g/mol. The smallest absolute Gasteiger partial charge is 0.240 e. The first-order chi connectivity index (χ1) is 9.42. The molecule has 0 bridgehead atoms. The number of thioether (sulfide) groups is 1. The zero-order chi connectivity index (χ0) is 14.8. The summed E-state index contributed by atoms with van der Waals surface area (Å²) in [5.41, 5.74) is 6.71. The molecule has 112 valence electrons. The molecule has 1 fully saturated rings. The van der Waals surface area contributed by atoms with Crippen LogP contribution in [0.2, 0.25) is 0 Å². The second-order valence-electron chi connectivity index (χ2n) is 5.35. The van der Waals surface area contributed by atoms with E-state index in [2.05, 4.69) is 11.0 Å².